The summed E-state index contributed by atoms with van der Waals surface area (Å²) in [5.41, 5.74) is 4.87. The number of hydrogen-bond donors (Lipinski definition) is 2. The van der Waals surface area contributed by atoms with Crippen LogP contribution in [0.2, 0.25) is 0 Å². The summed E-state index contributed by atoms with van der Waals surface area (Å²) < 4.78 is 5.38. The van der Waals surface area contributed by atoms with Gasteiger partial charge in [0.15, 0.2) is 5.82 Å². The molecule has 5 aromatic rings. The summed E-state index contributed by atoms with van der Waals surface area (Å²) in [6.45, 7) is 3.80. The van der Waals surface area contributed by atoms with E-state index in [0.29, 0.717) is 0 Å². The molecule has 8 heteroatoms. The quantitative estimate of drug-likeness (QED) is 0.455. The number of piperazine rings is 1. The van der Waals surface area contributed by atoms with Crippen LogP contribution < -0.4 is 14.5 Å². The van der Waals surface area contributed by atoms with Gasteiger partial charge in [0.05, 0.1) is 23.7 Å². The molecule has 0 aliphatic carbocycles. The summed E-state index contributed by atoms with van der Waals surface area (Å²) in [6, 6.07) is 18.3. The highest BCUT2D eigenvalue weighted by Gasteiger charge is 2.19. The maximum absolute atomic E-state index is 5.38. The largest absolute Gasteiger partial charge is 0.497 e. The van der Waals surface area contributed by atoms with E-state index >= 15 is 0 Å². The Balaban J connectivity index is 1.26. The summed E-state index contributed by atoms with van der Waals surface area (Å²) in [4.78, 5) is 17.5. The molecule has 4 heterocycles. The summed E-state index contributed by atoms with van der Waals surface area (Å²) in [5, 5.41) is 8.55. The molecular weight excluding hydrogens is 402 g/mol. The third kappa shape index (κ3) is 3.20. The van der Waals surface area contributed by atoms with Crippen molar-refractivity contribution in [2.75, 3.05) is 43.1 Å². The lowest BCUT2D eigenvalue weighted by Crippen LogP contribution is -2.46. The van der Waals surface area contributed by atoms with Crippen molar-refractivity contribution in [2.24, 2.45) is 0 Å². The van der Waals surface area contributed by atoms with Gasteiger partial charge in [-0.1, -0.05) is 6.07 Å². The van der Waals surface area contributed by atoms with E-state index in [1.54, 1.807) is 7.11 Å². The van der Waals surface area contributed by atoms with Crippen molar-refractivity contribution in [3.63, 3.8) is 0 Å². The number of pyridine rings is 1. The van der Waals surface area contributed by atoms with Gasteiger partial charge >= 0.3 is 0 Å². The number of ether oxygens (including phenoxy) is 1. The number of anilines is 2. The first-order valence-electron chi connectivity index (χ1n) is 10.7. The Morgan fingerprint density at radius 2 is 1.78 bits per heavy atom. The number of nitrogens with zero attached hydrogens (tertiary/aromatic N) is 5. The molecule has 0 atom stereocenters. The van der Waals surface area contributed by atoms with Gasteiger partial charge in [-0.05, 0) is 48.5 Å². The number of H-pyrrole nitrogens is 2. The smallest absolute Gasteiger partial charge is 0.159 e. The van der Waals surface area contributed by atoms with Crippen LogP contribution in [-0.2, 0) is 0 Å². The van der Waals surface area contributed by atoms with E-state index in [4.69, 9.17) is 9.72 Å². The highest BCUT2D eigenvalue weighted by molar-refractivity contribution is 5.94. The van der Waals surface area contributed by atoms with Gasteiger partial charge in [-0.3, -0.25) is 5.10 Å². The molecule has 0 amide bonds. The third-order valence-electron chi connectivity index (χ3n) is 6.08. The van der Waals surface area contributed by atoms with E-state index in [0.717, 1.165) is 71.2 Å². The van der Waals surface area contributed by atoms with Gasteiger partial charge in [0.25, 0.3) is 0 Å². The number of rotatable bonds is 4. The minimum absolute atomic E-state index is 0.747. The van der Waals surface area contributed by atoms with Crippen LogP contribution >= 0.6 is 0 Å². The number of fused-ring (bicyclic) bond motifs is 2. The molecule has 1 fully saturated rings. The fraction of sp³-hybridized carbons (Fsp3) is 0.208. The molecule has 1 saturated heterocycles. The first kappa shape index (κ1) is 18.7. The lowest BCUT2D eigenvalue weighted by atomic mass is 10.2. The molecule has 32 heavy (non-hydrogen) atoms. The molecule has 1 aliphatic rings. The zero-order valence-corrected chi connectivity index (χ0v) is 17.7. The van der Waals surface area contributed by atoms with Crippen molar-refractivity contribution in [2.45, 2.75) is 0 Å². The standard InChI is InChI=1S/C24H23N7O/c1-32-17-6-8-19-18(15-17)23(29-28-19)24-26-20-7-5-16(14-21(20)27-24)30-10-12-31(13-11-30)22-4-2-3-9-25-22/h2-9,14-15H,10-13H2,1H3,(H,26,27)(H,28,29). The average molecular weight is 425 g/mol. The number of methoxy groups -OCH3 is 1. The summed E-state index contributed by atoms with van der Waals surface area (Å²) in [5.74, 6) is 2.59. The molecule has 0 saturated carbocycles. The number of aromatic nitrogens is 5. The van der Waals surface area contributed by atoms with Crippen LogP contribution in [0.4, 0.5) is 11.5 Å². The Hall–Kier alpha value is -4.07. The fourth-order valence-corrected chi connectivity index (χ4v) is 4.34. The van der Waals surface area contributed by atoms with Gasteiger partial charge in [0.2, 0.25) is 0 Å². The molecule has 160 valence electrons. The zero-order chi connectivity index (χ0) is 21.5. The van der Waals surface area contributed by atoms with Crippen molar-refractivity contribution in [1.82, 2.24) is 25.1 Å². The van der Waals surface area contributed by atoms with Gasteiger partial charge in [-0.25, -0.2) is 9.97 Å². The molecule has 2 aromatic carbocycles. The van der Waals surface area contributed by atoms with E-state index in [-0.39, 0.29) is 0 Å². The highest BCUT2D eigenvalue weighted by Crippen LogP contribution is 2.30. The molecule has 3 aromatic heterocycles. The maximum atomic E-state index is 5.38. The van der Waals surface area contributed by atoms with Crippen molar-refractivity contribution in [3.8, 4) is 17.3 Å². The van der Waals surface area contributed by atoms with Gasteiger partial charge in [0.1, 0.15) is 17.3 Å². The predicted octanol–water partition coefficient (Wildman–Crippen LogP) is 3.84. The van der Waals surface area contributed by atoms with Crippen LogP contribution in [0.5, 0.6) is 5.75 Å². The SMILES string of the molecule is COc1ccc2[nH]nc(-c3nc4ccc(N5CCN(c6ccccn6)CC5)cc4[nH]3)c2c1. The van der Waals surface area contributed by atoms with E-state index in [1.165, 1.54) is 5.69 Å². The Bertz CT molecular complexity index is 1380. The summed E-state index contributed by atoms with van der Waals surface area (Å²) >= 11 is 0. The molecule has 8 nitrogen and oxygen atoms in total. The monoisotopic (exact) mass is 425 g/mol. The van der Waals surface area contributed by atoms with Crippen LogP contribution in [0.25, 0.3) is 33.5 Å². The van der Waals surface area contributed by atoms with Crippen molar-refractivity contribution < 1.29 is 4.74 Å². The second kappa shape index (κ2) is 7.56. The number of aromatic amines is 2. The molecule has 0 radical (unpaired) electrons. The predicted molar refractivity (Wildman–Crippen MR) is 126 cm³/mol. The Morgan fingerprint density at radius 1 is 0.906 bits per heavy atom. The Labute approximate surface area is 184 Å². The second-order valence-corrected chi connectivity index (χ2v) is 7.93. The molecule has 2 N–H and O–H groups in total. The van der Waals surface area contributed by atoms with Crippen LogP contribution in [0.3, 0.4) is 0 Å². The average Bonchev–Trinajstić information content (AvgIpc) is 3.47. The topological polar surface area (TPSA) is 86.0 Å². The molecule has 0 spiro atoms. The summed E-state index contributed by atoms with van der Waals surface area (Å²) in [6.07, 6.45) is 1.85. The molecule has 6 rings (SSSR count). The van der Waals surface area contributed by atoms with Gasteiger partial charge in [0, 0.05) is 43.4 Å². The molecule has 1 aliphatic heterocycles. The normalized spacial score (nSPS) is 14.4. The van der Waals surface area contributed by atoms with E-state index in [1.807, 2.05) is 36.5 Å². The number of benzene rings is 2. The third-order valence-corrected chi connectivity index (χ3v) is 6.08. The van der Waals surface area contributed by atoms with E-state index in [2.05, 4.69) is 54.2 Å². The minimum atomic E-state index is 0.747. The van der Waals surface area contributed by atoms with Crippen molar-refractivity contribution in [1.29, 1.82) is 0 Å². The second-order valence-electron chi connectivity index (χ2n) is 7.93. The fourth-order valence-electron chi connectivity index (χ4n) is 4.34. The number of nitrogens with one attached hydrogen (secondary N) is 2. The van der Waals surface area contributed by atoms with Crippen LogP contribution in [0.15, 0.2) is 60.8 Å². The minimum Gasteiger partial charge on any atom is -0.497 e. The van der Waals surface area contributed by atoms with Crippen molar-refractivity contribution in [3.05, 3.63) is 60.8 Å². The lowest BCUT2D eigenvalue weighted by Gasteiger charge is -2.36. The van der Waals surface area contributed by atoms with E-state index in [9.17, 15) is 0 Å². The van der Waals surface area contributed by atoms with Gasteiger partial charge in [-0.15, -0.1) is 0 Å². The van der Waals surface area contributed by atoms with Crippen LogP contribution in [0, 0.1) is 0 Å². The van der Waals surface area contributed by atoms with Crippen LogP contribution in [0.1, 0.15) is 0 Å². The number of imidazole rings is 1. The lowest BCUT2D eigenvalue weighted by molar-refractivity contribution is 0.415. The maximum Gasteiger partial charge on any atom is 0.159 e. The van der Waals surface area contributed by atoms with Gasteiger partial charge in [-0.2, -0.15) is 5.10 Å². The summed E-state index contributed by atoms with van der Waals surface area (Å²) in [7, 11) is 1.67. The first-order valence-corrected chi connectivity index (χ1v) is 10.7. The van der Waals surface area contributed by atoms with Crippen LogP contribution in [-0.4, -0.2) is 58.4 Å². The zero-order valence-electron chi connectivity index (χ0n) is 17.7. The molecular formula is C24H23N7O. The first-order chi connectivity index (χ1) is 15.8. The molecule has 0 bridgehead atoms. The highest BCUT2D eigenvalue weighted by atomic mass is 16.5. The Morgan fingerprint density at radius 3 is 2.59 bits per heavy atom. The molecule has 0 unspecified atom stereocenters. The van der Waals surface area contributed by atoms with Crippen molar-refractivity contribution >= 4 is 33.4 Å². The Kier molecular flexibility index (Phi) is 4.41. The van der Waals surface area contributed by atoms with E-state index < -0.39 is 0 Å². The number of hydrogen-bond acceptors (Lipinski definition) is 6. The van der Waals surface area contributed by atoms with Gasteiger partial charge < -0.3 is 19.5 Å².